The van der Waals surface area contributed by atoms with Crippen molar-refractivity contribution in [2.24, 2.45) is 4.99 Å². The van der Waals surface area contributed by atoms with E-state index in [-0.39, 0.29) is 24.0 Å². The molecule has 8 heteroatoms. The first kappa shape index (κ1) is 20.8. The number of nitrogens with one attached hydrogen (secondary N) is 2. The zero-order valence-electron chi connectivity index (χ0n) is 15.2. The molecule has 0 amide bonds. The van der Waals surface area contributed by atoms with Crippen molar-refractivity contribution >= 4 is 41.3 Å². The number of nitrogens with zero attached hydrogens (tertiary/aromatic N) is 2. The summed E-state index contributed by atoms with van der Waals surface area (Å²) in [5.41, 5.74) is 2.25. The summed E-state index contributed by atoms with van der Waals surface area (Å²) in [7, 11) is 1.77. The molecule has 26 heavy (non-hydrogen) atoms. The molecule has 0 bridgehead atoms. The molecule has 0 saturated carbocycles. The van der Waals surface area contributed by atoms with Gasteiger partial charge in [-0.25, -0.2) is 4.98 Å². The Bertz CT molecular complexity index is 749. The van der Waals surface area contributed by atoms with Gasteiger partial charge in [-0.15, -0.1) is 35.3 Å². The van der Waals surface area contributed by atoms with Gasteiger partial charge >= 0.3 is 0 Å². The Morgan fingerprint density at radius 3 is 2.81 bits per heavy atom. The molecule has 2 aromatic rings. The highest BCUT2D eigenvalue weighted by atomic mass is 127. The maximum absolute atomic E-state index is 5.40. The van der Waals surface area contributed by atoms with E-state index in [9.17, 15) is 0 Å². The van der Waals surface area contributed by atoms with Gasteiger partial charge in [0.05, 0.1) is 10.7 Å². The zero-order valence-corrected chi connectivity index (χ0v) is 18.4. The number of rotatable bonds is 6. The number of aliphatic imine (C=N–C) groups is 1. The molecule has 2 heterocycles. The Balaban J connectivity index is 0.00000243. The Hall–Kier alpha value is -1.55. The van der Waals surface area contributed by atoms with Gasteiger partial charge in [-0.3, -0.25) is 4.99 Å². The van der Waals surface area contributed by atoms with Crippen LogP contribution in [-0.4, -0.2) is 31.3 Å². The fourth-order valence-electron chi connectivity index (χ4n) is 2.47. The quantitative estimate of drug-likeness (QED) is 0.370. The molecule has 0 aliphatic carbocycles. The van der Waals surface area contributed by atoms with Crippen LogP contribution in [0.5, 0.6) is 11.5 Å². The summed E-state index contributed by atoms with van der Waals surface area (Å²) in [6.45, 7) is 6.10. The third kappa shape index (κ3) is 5.47. The normalized spacial score (nSPS) is 12.8. The first-order valence-corrected chi connectivity index (χ1v) is 9.31. The van der Waals surface area contributed by atoms with Crippen LogP contribution in [0.3, 0.4) is 0 Å². The van der Waals surface area contributed by atoms with Crippen molar-refractivity contribution in [3.63, 3.8) is 0 Å². The lowest BCUT2D eigenvalue weighted by Crippen LogP contribution is -2.37. The molecule has 0 radical (unpaired) electrons. The minimum Gasteiger partial charge on any atom is -0.454 e. The summed E-state index contributed by atoms with van der Waals surface area (Å²) >= 11 is 1.73. The van der Waals surface area contributed by atoms with E-state index in [0.29, 0.717) is 19.3 Å². The standard InChI is InChI=1S/C18H24N4O2S.HI/c1-12(2)17-22-14(10-25-17)6-7-20-18(19-3)21-9-13-4-5-15-16(8-13)24-11-23-15;/h4-5,8,10,12H,6-7,9,11H2,1-3H3,(H2,19,20,21);1H. The second kappa shape index (κ2) is 9.96. The number of aromatic nitrogens is 1. The molecule has 0 spiro atoms. The third-order valence-electron chi connectivity index (χ3n) is 3.86. The summed E-state index contributed by atoms with van der Waals surface area (Å²) < 4.78 is 10.7. The van der Waals surface area contributed by atoms with Crippen molar-refractivity contribution in [1.82, 2.24) is 15.6 Å². The average Bonchev–Trinajstić information content (AvgIpc) is 3.26. The fourth-order valence-corrected chi connectivity index (χ4v) is 3.34. The lowest BCUT2D eigenvalue weighted by Gasteiger charge is -2.11. The van der Waals surface area contributed by atoms with Gasteiger partial charge in [0.15, 0.2) is 17.5 Å². The molecule has 0 fully saturated rings. The Kier molecular flexibility index (Phi) is 7.95. The number of halogens is 1. The summed E-state index contributed by atoms with van der Waals surface area (Å²) in [5.74, 6) is 2.86. The van der Waals surface area contributed by atoms with Crippen LogP contribution in [-0.2, 0) is 13.0 Å². The monoisotopic (exact) mass is 488 g/mol. The van der Waals surface area contributed by atoms with Crippen LogP contribution in [0.2, 0.25) is 0 Å². The Morgan fingerprint density at radius 1 is 1.27 bits per heavy atom. The van der Waals surface area contributed by atoms with Gasteiger partial charge in [-0.1, -0.05) is 19.9 Å². The highest BCUT2D eigenvalue weighted by molar-refractivity contribution is 14.0. The van der Waals surface area contributed by atoms with E-state index in [1.54, 1.807) is 18.4 Å². The highest BCUT2D eigenvalue weighted by Crippen LogP contribution is 2.32. The van der Waals surface area contributed by atoms with Crippen LogP contribution in [0, 0.1) is 0 Å². The molecule has 0 unspecified atom stereocenters. The number of benzene rings is 1. The van der Waals surface area contributed by atoms with Crippen LogP contribution in [0.15, 0.2) is 28.6 Å². The van der Waals surface area contributed by atoms with Gasteiger partial charge in [0.25, 0.3) is 0 Å². The minimum absolute atomic E-state index is 0. The van der Waals surface area contributed by atoms with E-state index in [4.69, 9.17) is 9.47 Å². The van der Waals surface area contributed by atoms with Crippen molar-refractivity contribution in [2.45, 2.75) is 32.7 Å². The molecule has 0 saturated heterocycles. The molecule has 1 aromatic carbocycles. The largest absolute Gasteiger partial charge is 0.454 e. The molecule has 1 aromatic heterocycles. The van der Waals surface area contributed by atoms with Gasteiger partial charge in [0.2, 0.25) is 6.79 Å². The summed E-state index contributed by atoms with van der Waals surface area (Å²) in [4.78, 5) is 8.91. The van der Waals surface area contributed by atoms with Crippen LogP contribution in [0.4, 0.5) is 0 Å². The number of guanidine groups is 1. The Labute approximate surface area is 175 Å². The number of fused-ring (bicyclic) bond motifs is 1. The number of hydrogen-bond acceptors (Lipinski definition) is 5. The van der Waals surface area contributed by atoms with Crippen molar-refractivity contribution in [1.29, 1.82) is 0 Å². The lowest BCUT2D eigenvalue weighted by atomic mass is 10.2. The zero-order chi connectivity index (χ0) is 17.6. The maximum atomic E-state index is 5.40. The van der Waals surface area contributed by atoms with Crippen molar-refractivity contribution in [3.05, 3.63) is 39.8 Å². The summed E-state index contributed by atoms with van der Waals surface area (Å²) in [5, 5.41) is 9.97. The van der Waals surface area contributed by atoms with Gasteiger partial charge in [0, 0.05) is 37.9 Å². The minimum atomic E-state index is 0. The number of ether oxygens (including phenoxy) is 2. The van der Waals surface area contributed by atoms with Crippen LogP contribution in [0.25, 0.3) is 0 Å². The second-order valence-corrected chi connectivity index (χ2v) is 7.01. The summed E-state index contributed by atoms with van der Waals surface area (Å²) in [6.07, 6.45) is 0.883. The van der Waals surface area contributed by atoms with E-state index in [1.165, 1.54) is 5.01 Å². The van der Waals surface area contributed by atoms with E-state index < -0.39 is 0 Å². The van der Waals surface area contributed by atoms with Gasteiger partial charge in [-0.2, -0.15) is 0 Å². The van der Waals surface area contributed by atoms with E-state index in [2.05, 4.69) is 39.8 Å². The SMILES string of the molecule is CN=C(NCCc1csc(C(C)C)n1)NCc1ccc2c(c1)OCO2.I. The van der Waals surface area contributed by atoms with Gasteiger partial charge < -0.3 is 20.1 Å². The second-order valence-electron chi connectivity index (χ2n) is 6.12. The molecule has 6 nitrogen and oxygen atoms in total. The number of thiazole rings is 1. The topological polar surface area (TPSA) is 67.8 Å². The highest BCUT2D eigenvalue weighted by Gasteiger charge is 2.13. The predicted octanol–water partition coefficient (Wildman–Crippen LogP) is 3.52. The molecule has 2 N–H and O–H groups in total. The molecule has 142 valence electrons. The first-order chi connectivity index (χ1) is 12.2. The van der Waals surface area contributed by atoms with Crippen molar-refractivity contribution < 1.29 is 9.47 Å². The molecule has 0 atom stereocenters. The van der Waals surface area contributed by atoms with Crippen LogP contribution >= 0.6 is 35.3 Å². The maximum Gasteiger partial charge on any atom is 0.231 e. The predicted molar refractivity (Wildman–Crippen MR) is 116 cm³/mol. The molecule has 1 aliphatic heterocycles. The van der Waals surface area contributed by atoms with Crippen molar-refractivity contribution in [3.8, 4) is 11.5 Å². The van der Waals surface area contributed by atoms with Crippen LogP contribution < -0.4 is 20.1 Å². The molecule has 3 rings (SSSR count). The first-order valence-electron chi connectivity index (χ1n) is 8.43. The number of hydrogen-bond donors (Lipinski definition) is 2. The van der Waals surface area contributed by atoms with E-state index in [1.807, 2.05) is 18.2 Å². The van der Waals surface area contributed by atoms with Crippen LogP contribution in [0.1, 0.15) is 36.0 Å². The fraction of sp³-hybridized carbons (Fsp3) is 0.444. The average molecular weight is 488 g/mol. The smallest absolute Gasteiger partial charge is 0.231 e. The Morgan fingerprint density at radius 2 is 2.08 bits per heavy atom. The molecular formula is C18H25IN4O2S. The lowest BCUT2D eigenvalue weighted by molar-refractivity contribution is 0.174. The van der Waals surface area contributed by atoms with E-state index in [0.717, 1.165) is 41.7 Å². The van der Waals surface area contributed by atoms with Crippen molar-refractivity contribution in [2.75, 3.05) is 20.4 Å². The third-order valence-corrected chi connectivity index (χ3v) is 5.05. The summed E-state index contributed by atoms with van der Waals surface area (Å²) in [6, 6.07) is 5.95. The molecular weight excluding hydrogens is 463 g/mol. The molecule has 1 aliphatic rings. The van der Waals surface area contributed by atoms with E-state index >= 15 is 0 Å². The van der Waals surface area contributed by atoms with Gasteiger partial charge in [-0.05, 0) is 17.7 Å². The van der Waals surface area contributed by atoms with Gasteiger partial charge in [0.1, 0.15) is 0 Å².